The predicted octanol–water partition coefficient (Wildman–Crippen LogP) is 5.65. The monoisotopic (exact) mass is 486 g/mol. The molecule has 1 unspecified atom stereocenters. The first kappa shape index (κ1) is 24.6. The summed E-state index contributed by atoms with van der Waals surface area (Å²) in [4.78, 5) is 12.7. The van der Waals surface area contributed by atoms with E-state index in [1.807, 2.05) is 64.1 Å². The van der Waals surface area contributed by atoms with Crippen molar-refractivity contribution >= 4 is 33.2 Å². The first-order chi connectivity index (χ1) is 15.6. The Morgan fingerprint density at radius 3 is 2.39 bits per heavy atom. The third-order valence-electron chi connectivity index (χ3n) is 5.16. The van der Waals surface area contributed by atoms with Crippen LogP contribution < -0.4 is 14.8 Å². The highest BCUT2D eigenvalue weighted by Gasteiger charge is 2.22. The third-order valence-corrected chi connectivity index (χ3v) is 7.01. The fraction of sp³-hybridized carbons (Fsp3) is 0.240. The zero-order valence-corrected chi connectivity index (χ0v) is 20.5. The van der Waals surface area contributed by atoms with E-state index in [2.05, 4.69) is 10.0 Å². The normalized spacial score (nSPS) is 12.2. The van der Waals surface area contributed by atoms with Crippen LogP contribution in [-0.4, -0.2) is 20.9 Å². The van der Waals surface area contributed by atoms with Gasteiger partial charge in [0.25, 0.3) is 15.9 Å². The zero-order chi connectivity index (χ0) is 24.2. The lowest BCUT2D eigenvalue weighted by atomic mass is 10.1. The van der Waals surface area contributed by atoms with Crippen molar-refractivity contribution in [2.75, 3.05) is 11.3 Å². The Morgan fingerprint density at radius 2 is 1.73 bits per heavy atom. The molecule has 0 aliphatic carbocycles. The summed E-state index contributed by atoms with van der Waals surface area (Å²) in [6, 6.07) is 16.8. The molecule has 6 nitrogen and oxygen atoms in total. The number of sulfonamides is 1. The standard InChI is InChI=1S/C25H27ClN2O4S/c1-5-32-21-11-8-19(9-12-21)18(4)27-25(29)20-10-13-22(26)24(15-20)33(30,31)28-23-14-16(2)6-7-17(23)3/h6-15,18,28H,5H2,1-4H3,(H,27,29). The van der Waals surface area contributed by atoms with Crippen LogP contribution in [0.4, 0.5) is 5.69 Å². The largest absolute Gasteiger partial charge is 0.494 e. The lowest BCUT2D eigenvalue weighted by Crippen LogP contribution is -2.27. The van der Waals surface area contributed by atoms with Crippen molar-refractivity contribution in [1.82, 2.24) is 5.32 Å². The molecule has 0 bridgehead atoms. The highest BCUT2D eigenvalue weighted by Crippen LogP contribution is 2.27. The quantitative estimate of drug-likeness (QED) is 0.431. The number of carbonyl (C=O) groups excluding carboxylic acids is 1. The molecular formula is C25H27ClN2O4S. The first-order valence-electron chi connectivity index (χ1n) is 10.5. The summed E-state index contributed by atoms with van der Waals surface area (Å²) in [5, 5.41) is 2.92. The molecule has 3 aromatic carbocycles. The Balaban J connectivity index is 1.81. The molecule has 0 aliphatic rings. The van der Waals surface area contributed by atoms with Crippen LogP contribution in [0.25, 0.3) is 0 Å². The summed E-state index contributed by atoms with van der Waals surface area (Å²) in [7, 11) is -4.01. The summed E-state index contributed by atoms with van der Waals surface area (Å²) >= 11 is 6.20. The number of anilines is 1. The highest BCUT2D eigenvalue weighted by atomic mass is 35.5. The number of carbonyl (C=O) groups is 1. The summed E-state index contributed by atoms with van der Waals surface area (Å²) in [5.74, 6) is 0.347. The van der Waals surface area contributed by atoms with Gasteiger partial charge in [-0.15, -0.1) is 0 Å². The number of rotatable bonds is 8. The lowest BCUT2D eigenvalue weighted by molar-refractivity contribution is 0.0939. The second-order valence-corrected chi connectivity index (χ2v) is 9.82. The highest BCUT2D eigenvalue weighted by molar-refractivity contribution is 7.92. The molecule has 3 rings (SSSR count). The number of hydrogen-bond donors (Lipinski definition) is 2. The molecule has 0 aromatic heterocycles. The SMILES string of the molecule is CCOc1ccc(C(C)NC(=O)c2ccc(Cl)c(S(=O)(=O)Nc3cc(C)ccc3C)c2)cc1. The molecule has 174 valence electrons. The van der Waals surface area contributed by atoms with E-state index in [-0.39, 0.29) is 21.5 Å². The second-order valence-electron chi connectivity index (χ2n) is 7.77. The number of aryl methyl sites for hydroxylation is 2. The molecule has 33 heavy (non-hydrogen) atoms. The van der Waals surface area contributed by atoms with Gasteiger partial charge in [-0.25, -0.2) is 8.42 Å². The van der Waals surface area contributed by atoms with Gasteiger partial charge in [0.15, 0.2) is 0 Å². The van der Waals surface area contributed by atoms with Crippen molar-refractivity contribution in [2.45, 2.75) is 38.6 Å². The average molecular weight is 487 g/mol. The van der Waals surface area contributed by atoms with Crippen molar-refractivity contribution in [3.63, 3.8) is 0 Å². The van der Waals surface area contributed by atoms with E-state index in [0.717, 1.165) is 22.4 Å². The summed E-state index contributed by atoms with van der Waals surface area (Å²) in [5.41, 5.74) is 3.24. The molecule has 2 N–H and O–H groups in total. The molecule has 8 heteroatoms. The van der Waals surface area contributed by atoms with Crippen molar-refractivity contribution in [2.24, 2.45) is 0 Å². The Labute approximate surface area is 200 Å². The van der Waals surface area contributed by atoms with E-state index >= 15 is 0 Å². The van der Waals surface area contributed by atoms with Crippen LogP contribution in [0.3, 0.4) is 0 Å². The fourth-order valence-corrected chi connectivity index (χ4v) is 4.93. The molecule has 0 saturated heterocycles. The topological polar surface area (TPSA) is 84.5 Å². The lowest BCUT2D eigenvalue weighted by Gasteiger charge is -2.16. The molecule has 1 amide bonds. The molecule has 0 aliphatic heterocycles. The third kappa shape index (κ3) is 6.06. The van der Waals surface area contributed by atoms with E-state index < -0.39 is 15.9 Å². The van der Waals surface area contributed by atoms with Gasteiger partial charge >= 0.3 is 0 Å². The average Bonchev–Trinajstić information content (AvgIpc) is 2.77. The second kappa shape index (κ2) is 10.3. The predicted molar refractivity (Wildman–Crippen MR) is 132 cm³/mol. The molecule has 0 heterocycles. The van der Waals surface area contributed by atoms with Gasteiger partial charge in [-0.3, -0.25) is 9.52 Å². The minimum Gasteiger partial charge on any atom is -0.494 e. The molecule has 1 atom stereocenters. The van der Waals surface area contributed by atoms with E-state index in [9.17, 15) is 13.2 Å². The van der Waals surface area contributed by atoms with E-state index in [1.54, 1.807) is 6.07 Å². The number of nitrogens with one attached hydrogen (secondary N) is 2. The first-order valence-corrected chi connectivity index (χ1v) is 12.4. The summed E-state index contributed by atoms with van der Waals surface area (Å²) in [6.07, 6.45) is 0. The number of benzene rings is 3. The van der Waals surface area contributed by atoms with E-state index in [0.29, 0.717) is 12.3 Å². The van der Waals surface area contributed by atoms with Gasteiger partial charge in [0, 0.05) is 5.56 Å². The minimum absolute atomic E-state index is 0.0314. The van der Waals surface area contributed by atoms with Crippen LogP contribution in [0.5, 0.6) is 5.75 Å². The van der Waals surface area contributed by atoms with Crippen LogP contribution >= 0.6 is 11.6 Å². The van der Waals surface area contributed by atoms with Gasteiger partial charge in [-0.2, -0.15) is 0 Å². The number of amides is 1. The van der Waals surface area contributed by atoms with Crippen molar-refractivity contribution < 1.29 is 17.9 Å². The van der Waals surface area contributed by atoms with Gasteiger partial charge in [0.05, 0.1) is 23.4 Å². The number of hydrogen-bond acceptors (Lipinski definition) is 4. The summed E-state index contributed by atoms with van der Waals surface area (Å²) in [6.45, 7) is 8.02. The maximum absolute atomic E-state index is 13.1. The zero-order valence-electron chi connectivity index (χ0n) is 19.0. The van der Waals surface area contributed by atoms with Gasteiger partial charge in [0.2, 0.25) is 0 Å². The van der Waals surface area contributed by atoms with Crippen LogP contribution in [0.2, 0.25) is 5.02 Å². The maximum Gasteiger partial charge on any atom is 0.263 e. The molecule has 0 spiro atoms. The number of halogens is 1. The van der Waals surface area contributed by atoms with Crippen molar-refractivity contribution in [3.8, 4) is 5.75 Å². The van der Waals surface area contributed by atoms with Gasteiger partial charge < -0.3 is 10.1 Å². The maximum atomic E-state index is 13.1. The molecule has 0 saturated carbocycles. The smallest absolute Gasteiger partial charge is 0.263 e. The van der Waals surface area contributed by atoms with Crippen LogP contribution in [0.15, 0.2) is 65.6 Å². The molecule has 0 fully saturated rings. The minimum atomic E-state index is -4.01. The Kier molecular flexibility index (Phi) is 7.66. The summed E-state index contributed by atoms with van der Waals surface area (Å²) < 4.78 is 34.1. The van der Waals surface area contributed by atoms with Gasteiger partial charge in [-0.05, 0) is 80.8 Å². The Bertz CT molecular complexity index is 1260. The Morgan fingerprint density at radius 1 is 1.03 bits per heavy atom. The van der Waals surface area contributed by atoms with Gasteiger partial charge in [-0.1, -0.05) is 35.9 Å². The molecular weight excluding hydrogens is 460 g/mol. The van der Waals surface area contributed by atoms with Crippen molar-refractivity contribution in [3.05, 3.63) is 87.9 Å². The fourth-order valence-electron chi connectivity index (χ4n) is 3.28. The molecule has 0 radical (unpaired) electrons. The van der Waals surface area contributed by atoms with Crippen LogP contribution in [0.1, 0.15) is 46.9 Å². The Hall–Kier alpha value is -3.03. The van der Waals surface area contributed by atoms with E-state index in [1.165, 1.54) is 18.2 Å². The number of ether oxygens (including phenoxy) is 1. The van der Waals surface area contributed by atoms with Gasteiger partial charge in [0.1, 0.15) is 10.6 Å². The van der Waals surface area contributed by atoms with E-state index in [4.69, 9.17) is 16.3 Å². The van der Waals surface area contributed by atoms with Crippen LogP contribution in [-0.2, 0) is 10.0 Å². The van der Waals surface area contributed by atoms with Crippen molar-refractivity contribution in [1.29, 1.82) is 0 Å². The van der Waals surface area contributed by atoms with Crippen LogP contribution in [0, 0.1) is 13.8 Å². The molecule has 3 aromatic rings.